The van der Waals surface area contributed by atoms with Gasteiger partial charge in [-0.05, 0) is 44.3 Å². The molecular formula is C15H23ClN4O3. The van der Waals surface area contributed by atoms with Gasteiger partial charge in [-0.15, -0.1) is 12.4 Å². The number of nitrogens with one attached hydrogen (secondary N) is 1. The first-order chi connectivity index (χ1) is 10.6. The van der Waals surface area contributed by atoms with Gasteiger partial charge in [0.2, 0.25) is 5.91 Å². The van der Waals surface area contributed by atoms with Crippen molar-refractivity contribution >= 4 is 29.7 Å². The van der Waals surface area contributed by atoms with E-state index in [9.17, 15) is 14.9 Å². The van der Waals surface area contributed by atoms with Crippen LogP contribution in [0.2, 0.25) is 0 Å². The highest BCUT2D eigenvalue weighted by Gasteiger charge is 2.22. The Bertz CT molecular complexity index is 539. The van der Waals surface area contributed by atoms with Crippen LogP contribution in [0.1, 0.15) is 19.3 Å². The van der Waals surface area contributed by atoms with Gasteiger partial charge in [0.25, 0.3) is 5.69 Å². The van der Waals surface area contributed by atoms with E-state index in [0.717, 1.165) is 32.4 Å². The van der Waals surface area contributed by atoms with Crippen LogP contribution >= 0.6 is 12.4 Å². The van der Waals surface area contributed by atoms with E-state index in [-0.39, 0.29) is 36.2 Å². The van der Waals surface area contributed by atoms with E-state index in [1.54, 1.807) is 18.2 Å². The predicted molar refractivity (Wildman–Crippen MR) is 91.8 cm³/mol. The zero-order valence-corrected chi connectivity index (χ0v) is 13.8. The number of para-hydroxylation sites is 2. The number of amides is 1. The molecule has 2 rings (SSSR count). The summed E-state index contributed by atoms with van der Waals surface area (Å²) in [5.41, 5.74) is 5.75. The van der Waals surface area contributed by atoms with Gasteiger partial charge in [-0.2, -0.15) is 0 Å². The zero-order chi connectivity index (χ0) is 15.9. The van der Waals surface area contributed by atoms with E-state index in [1.165, 1.54) is 6.07 Å². The third-order valence-corrected chi connectivity index (χ3v) is 3.92. The number of halogens is 1. The molecule has 1 aromatic carbocycles. The maximum absolute atomic E-state index is 12.1. The summed E-state index contributed by atoms with van der Waals surface area (Å²) in [4.78, 5) is 24.7. The van der Waals surface area contributed by atoms with E-state index in [4.69, 9.17) is 5.73 Å². The lowest BCUT2D eigenvalue weighted by molar-refractivity contribution is -0.383. The van der Waals surface area contributed by atoms with Crippen molar-refractivity contribution in [2.75, 3.05) is 31.5 Å². The van der Waals surface area contributed by atoms with Gasteiger partial charge < -0.3 is 11.1 Å². The highest BCUT2D eigenvalue weighted by Crippen LogP contribution is 2.23. The molecular weight excluding hydrogens is 320 g/mol. The third-order valence-electron chi connectivity index (χ3n) is 3.92. The fourth-order valence-corrected chi connectivity index (χ4v) is 2.90. The molecule has 0 saturated carbocycles. The lowest BCUT2D eigenvalue weighted by Crippen LogP contribution is -2.41. The first kappa shape index (κ1) is 19.3. The van der Waals surface area contributed by atoms with Gasteiger partial charge in [0.15, 0.2) is 0 Å². The normalized spacial score (nSPS) is 18.0. The van der Waals surface area contributed by atoms with Crippen molar-refractivity contribution in [3.05, 3.63) is 34.4 Å². The van der Waals surface area contributed by atoms with E-state index < -0.39 is 4.92 Å². The highest BCUT2D eigenvalue weighted by atomic mass is 35.5. The molecule has 0 bridgehead atoms. The standard InChI is InChI=1S/C15H22N4O3.ClH/c16-8-7-12-4-3-9-18(10-12)11-15(20)17-13-5-1-2-6-14(13)19(21)22;/h1-2,5-6,12H,3-4,7-11,16H2,(H,17,20);1H. The summed E-state index contributed by atoms with van der Waals surface area (Å²) in [6.45, 7) is 2.67. The van der Waals surface area contributed by atoms with Gasteiger partial charge in [0, 0.05) is 12.6 Å². The largest absolute Gasteiger partial charge is 0.330 e. The lowest BCUT2D eigenvalue weighted by atomic mass is 9.95. The van der Waals surface area contributed by atoms with Crippen molar-refractivity contribution in [3.63, 3.8) is 0 Å². The first-order valence-corrected chi connectivity index (χ1v) is 7.56. The summed E-state index contributed by atoms with van der Waals surface area (Å²) >= 11 is 0. The van der Waals surface area contributed by atoms with E-state index >= 15 is 0 Å². The van der Waals surface area contributed by atoms with Gasteiger partial charge >= 0.3 is 0 Å². The number of hydrogen-bond acceptors (Lipinski definition) is 5. The van der Waals surface area contributed by atoms with Crippen LogP contribution in [-0.2, 0) is 4.79 Å². The van der Waals surface area contributed by atoms with E-state index in [1.807, 2.05) is 0 Å². The number of nitrogens with zero attached hydrogens (tertiary/aromatic N) is 2. The van der Waals surface area contributed by atoms with E-state index in [0.29, 0.717) is 12.5 Å². The molecule has 7 nitrogen and oxygen atoms in total. The second-order valence-electron chi connectivity index (χ2n) is 5.64. The fraction of sp³-hybridized carbons (Fsp3) is 0.533. The van der Waals surface area contributed by atoms with Crippen molar-refractivity contribution in [1.29, 1.82) is 0 Å². The lowest BCUT2D eigenvalue weighted by Gasteiger charge is -2.32. The number of likely N-dealkylation sites (tertiary alicyclic amines) is 1. The molecule has 1 atom stereocenters. The molecule has 0 aliphatic carbocycles. The highest BCUT2D eigenvalue weighted by molar-refractivity contribution is 5.94. The van der Waals surface area contributed by atoms with Crippen LogP contribution in [0.3, 0.4) is 0 Å². The van der Waals surface area contributed by atoms with Crippen molar-refractivity contribution < 1.29 is 9.72 Å². The van der Waals surface area contributed by atoms with Crippen molar-refractivity contribution in [3.8, 4) is 0 Å². The SMILES string of the molecule is Cl.NCCC1CCCN(CC(=O)Nc2ccccc2[N+](=O)[O-])C1. The molecule has 1 aliphatic heterocycles. The van der Waals surface area contributed by atoms with Crippen molar-refractivity contribution in [2.24, 2.45) is 11.7 Å². The summed E-state index contributed by atoms with van der Waals surface area (Å²) in [6, 6.07) is 6.17. The average Bonchev–Trinajstić information content (AvgIpc) is 2.48. The summed E-state index contributed by atoms with van der Waals surface area (Å²) in [5, 5.41) is 13.6. The molecule has 1 fully saturated rings. The number of carbonyl (C=O) groups excluding carboxylic acids is 1. The van der Waals surface area contributed by atoms with Crippen LogP contribution in [0, 0.1) is 16.0 Å². The second-order valence-corrected chi connectivity index (χ2v) is 5.64. The number of nitro benzene ring substituents is 1. The number of carbonyl (C=O) groups is 1. The summed E-state index contributed by atoms with van der Waals surface area (Å²) in [5.74, 6) is 0.320. The monoisotopic (exact) mass is 342 g/mol. The van der Waals surface area contributed by atoms with Gasteiger partial charge in [0.05, 0.1) is 11.5 Å². The predicted octanol–water partition coefficient (Wildman–Crippen LogP) is 2.02. The number of hydrogen-bond donors (Lipinski definition) is 2. The first-order valence-electron chi connectivity index (χ1n) is 7.56. The zero-order valence-electron chi connectivity index (χ0n) is 12.9. The Labute approximate surface area is 141 Å². The second kappa shape index (κ2) is 9.44. The van der Waals surface area contributed by atoms with Crippen LogP contribution in [0.4, 0.5) is 11.4 Å². The molecule has 23 heavy (non-hydrogen) atoms. The number of benzene rings is 1. The summed E-state index contributed by atoms with van der Waals surface area (Å²) in [7, 11) is 0. The molecule has 1 heterocycles. The van der Waals surface area contributed by atoms with Crippen LogP contribution in [0.25, 0.3) is 0 Å². The third kappa shape index (κ3) is 5.78. The Kier molecular flexibility index (Phi) is 7.94. The molecule has 8 heteroatoms. The minimum absolute atomic E-state index is 0. The van der Waals surface area contributed by atoms with Gasteiger partial charge in [-0.1, -0.05) is 12.1 Å². The molecule has 3 N–H and O–H groups in total. The number of nitrogens with two attached hydrogens (primary N) is 1. The Morgan fingerprint density at radius 3 is 2.87 bits per heavy atom. The Hall–Kier alpha value is -1.70. The van der Waals surface area contributed by atoms with Gasteiger partial charge in [-0.3, -0.25) is 19.8 Å². The number of anilines is 1. The topological polar surface area (TPSA) is 102 Å². The average molecular weight is 343 g/mol. The molecule has 1 saturated heterocycles. The van der Waals surface area contributed by atoms with Crippen molar-refractivity contribution in [1.82, 2.24) is 4.90 Å². The Morgan fingerprint density at radius 1 is 1.43 bits per heavy atom. The Morgan fingerprint density at radius 2 is 2.17 bits per heavy atom. The molecule has 1 unspecified atom stereocenters. The number of piperidine rings is 1. The van der Waals surface area contributed by atoms with Crippen LogP contribution in [0.5, 0.6) is 0 Å². The number of rotatable bonds is 6. The van der Waals surface area contributed by atoms with Crippen molar-refractivity contribution in [2.45, 2.75) is 19.3 Å². The van der Waals surface area contributed by atoms with E-state index in [2.05, 4.69) is 10.2 Å². The Balaban J connectivity index is 0.00000264. The molecule has 1 aliphatic rings. The minimum Gasteiger partial charge on any atom is -0.330 e. The maximum Gasteiger partial charge on any atom is 0.292 e. The number of nitro groups is 1. The maximum atomic E-state index is 12.1. The minimum atomic E-state index is -0.492. The van der Waals surface area contributed by atoms with Gasteiger partial charge in [-0.25, -0.2) is 0 Å². The molecule has 1 aromatic rings. The molecule has 0 aromatic heterocycles. The van der Waals surface area contributed by atoms with Crippen LogP contribution in [0.15, 0.2) is 24.3 Å². The summed E-state index contributed by atoms with van der Waals surface area (Å²) < 4.78 is 0. The smallest absolute Gasteiger partial charge is 0.292 e. The molecule has 1 amide bonds. The molecule has 0 radical (unpaired) electrons. The van der Waals surface area contributed by atoms with Crippen LogP contribution < -0.4 is 11.1 Å². The van der Waals surface area contributed by atoms with Crippen LogP contribution in [-0.4, -0.2) is 41.9 Å². The molecule has 128 valence electrons. The summed E-state index contributed by atoms with van der Waals surface area (Å²) in [6.07, 6.45) is 3.19. The fourth-order valence-electron chi connectivity index (χ4n) is 2.90. The molecule has 0 spiro atoms. The quantitative estimate of drug-likeness (QED) is 0.608. The van der Waals surface area contributed by atoms with Gasteiger partial charge in [0.1, 0.15) is 5.69 Å².